The monoisotopic (exact) mass is 551 g/mol. The largest absolute Gasteiger partial charge is 0.370 e. The summed E-state index contributed by atoms with van der Waals surface area (Å²) in [5.74, 6) is -0.348. The summed E-state index contributed by atoms with van der Waals surface area (Å²) in [7, 11) is 1.79. The molecule has 0 bridgehead atoms. The Hall–Kier alpha value is -4.70. The molecule has 3 rings (SSSR count). The van der Waals surface area contributed by atoms with Crippen LogP contribution in [0.2, 0.25) is 0 Å². The van der Waals surface area contributed by atoms with E-state index >= 15 is 0 Å². The van der Waals surface area contributed by atoms with Gasteiger partial charge in [-0.25, -0.2) is 0 Å². The maximum atomic E-state index is 11.8. The Bertz CT molecular complexity index is 1430. The van der Waals surface area contributed by atoms with Gasteiger partial charge >= 0.3 is 0 Å². The molecule has 0 unspecified atom stereocenters. The number of nitro benzene ring substituents is 2. The number of carbonyl (C=O) groups is 1. The van der Waals surface area contributed by atoms with Gasteiger partial charge in [0, 0.05) is 50.5 Å². The molecule has 182 valence electrons. The molecule has 36 heavy (non-hydrogen) atoms. The summed E-state index contributed by atoms with van der Waals surface area (Å²) in [6, 6.07) is 15.5. The Morgan fingerprint density at radius 1 is 1.08 bits per heavy atom. The van der Waals surface area contributed by atoms with Crippen molar-refractivity contribution in [3.8, 4) is 6.07 Å². The van der Waals surface area contributed by atoms with Crippen LogP contribution in [-0.4, -0.2) is 22.8 Å². The fraction of sp³-hybridized carbons (Fsp3) is 0.130. The van der Waals surface area contributed by atoms with E-state index in [-0.39, 0.29) is 38.7 Å². The van der Waals surface area contributed by atoms with Crippen molar-refractivity contribution in [1.29, 1.82) is 5.26 Å². The molecular formula is C23H18BrN7O5. The Kier molecular flexibility index (Phi) is 8.03. The molecule has 0 heterocycles. The van der Waals surface area contributed by atoms with Crippen molar-refractivity contribution >= 4 is 56.0 Å². The van der Waals surface area contributed by atoms with Gasteiger partial charge < -0.3 is 10.2 Å². The maximum Gasteiger partial charge on any atom is 0.272 e. The Labute approximate surface area is 213 Å². The summed E-state index contributed by atoms with van der Waals surface area (Å²) in [5, 5.41) is 42.4. The van der Waals surface area contributed by atoms with Crippen LogP contribution in [0.1, 0.15) is 18.1 Å². The predicted octanol–water partition coefficient (Wildman–Crippen LogP) is 6.15. The third kappa shape index (κ3) is 6.24. The lowest BCUT2D eigenvalue weighted by Crippen LogP contribution is -2.17. The van der Waals surface area contributed by atoms with Crippen molar-refractivity contribution < 1.29 is 14.6 Å². The van der Waals surface area contributed by atoms with Gasteiger partial charge in [-0.3, -0.25) is 25.0 Å². The van der Waals surface area contributed by atoms with E-state index in [4.69, 9.17) is 0 Å². The van der Waals surface area contributed by atoms with Crippen LogP contribution in [-0.2, 0) is 11.3 Å². The molecule has 0 aliphatic heterocycles. The third-order valence-corrected chi connectivity index (χ3v) is 5.51. The standard InChI is InChI=1S/C23H18BrN7O5/c1-14(32)26-22-11-17(29(2)13-15-4-3-5-18(8-15)30(33)34)6-7-21(22)27-28-23-16(12-25)9-19(31(35)36)10-20(23)24/h3-11H,13H2,1-2H3,(H,26,32)/b28-27+. The number of hydrogen-bond acceptors (Lipinski definition) is 9. The second-order valence-corrected chi connectivity index (χ2v) is 8.41. The number of amides is 1. The van der Waals surface area contributed by atoms with Crippen LogP contribution >= 0.6 is 15.9 Å². The number of non-ortho nitro benzene ring substituents is 2. The number of rotatable bonds is 8. The molecule has 0 atom stereocenters. The van der Waals surface area contributed by atoms with Gasteiger partial charge in [-0.2, -0.15) is 5.26 Å². The lowest BCUT2D eigenvalue weighted by molar-refractivity contribution is -0.385. The van der Waals surface area contributed by atoms with Crippen molar-refractivity contribution in [2.75, 3.05) is 17.3 Å². The highest BCUT2D eigenvalue weighted by atomic mass is 79.9. The molecule has 3 aromatic carbocycles. The zero-order chi connectivity index (χ0) is 26.4. The fourth-order valence-corrected chi connectivity index (χ4v) is 3.78. The number of carbonyl (C=O) groups excluding carboxylic acids is 1. The lowest BCUT2D eigenvalue weighted by Gasteiger charge is -2.21. The van der Waals surface area contributed by atoms with E-state index in [9.17, 15) is 30.3 Å². The normalized spacial score (nSPS) is 10.6. The van der Waals surface area contributed by atoms with Gasteiger partial charge in [-0.05, 0) is 39.7 Å². The number of nitro groups is 2. The Morgan fingerprint density at radius 2 is 1.81 bits per heavy atom. The molecule has 0 saturated heterocycles. The Morgan fingerprint density at radius 3 is 2.44 bits per heavy atom. The van der Waals surface area contributed by atoms with Crippen LogP contribution in [0.5, 0.6) is 0 Å². The summed E-state index contributed by atoms with van der Waals surface area (Å²) in [6.07, 6.45) is 0. The molecule has 3 aromatic rings. The molecule has 0 radical (unpaired) electrons. The summed E-state index contributed by atoms with van der Waals surface area (Å²) in [4.78, 5) is 34.7. The first-order valence-electron chi connectivity index (χ1n) is 10.2. The van der Waals surface area contributed by atoms with Crippen molar-refractivity contribution in [1.82, 2.24) is 0 Å². The second kappa shape index (κ2) is 11.2. The minimum atomic E-state index is -0.621. The number of halogens is 1. The molecule has 0 aliphatic carbocycles. The van der Waals surface area contributed by atoms with Gasteiger partial charge in [-0.1, -0.05) is 12.1 Å². The van der Waals surface area contributed by atoms with Crippen LogP contribution in [0.4, 0.5) is 34.1 Å². The maximum absolute atomic E-state index is 11.8. The van der Waals surface area contributed by atoms with Crippen molar-refractivity contribution in [2.24, 2.45) is 10.2 Å². The van der Waals surface area contributed by atoms with Gasteiger partial charge in [0.1, 0.15) is 17.4 Å². The molecule has 12 nitrogen and oxygen atoms in total. The second-order valence-electron chi connectivity index (χ2n) is 7.56. The van der Waals surface area contributed by atoms with Crippen LogP contribution in [0, 0.1) is 31.6 Å². The lowest BCUT2D eigenvalue weighted by atomic mass is 10.1. The smallest absolute Gasteiger partial charge is 0.272 e. The summed E-state index contributed by atoms with van der Waals surface area (Å²) >= 11 is 3.19. The molecule has 1 amide bonds. The van der Waals surface area contributed by atoms with E-state index in [1.807, 2.05) is 11.0 Å². The van der Waals surface area contributed by atoms with E-state index in [1.54, 1.807) is 37.4 Å². The van der Waals surface area contributed by atoms with Gasteiger partial charge in [0.15, 0.2) is 0 Å². The highest BCUT2D eigenvalue weighted by Gasteiger charge is 2.16. The summed E-state index contributed by atoms with van der Waals surface area (Å²) < 4.78 is 0.214. The molecule has 13 heteroatoms. The number of azo groups is 1. The van der Waals surface area contributed by atoms with E-state index in [0.717, 1.165) is 11.6 Å². The van der Waals surface area contributed by atoms with Gasteiger partial charge in [0.05, 0.1) is 25.6 Å². The van der Waals surface area contributed by atoms with E-state index in [2.05, 4.69) is 31.5 Å². The van der Waals surface area contributed by atoms with Crippen LogP contribution < -0.4 is 10.2 Å². The minimum absolute atomic E-state index is 0.00950. The third-order valence-electron chi connectivity index (χ3n) is 4.91. The van der Waals surface area contributed by atoms with E-state index < -0.39 is 9.85 Å². The number of nitrogens with one attached hydrogen (secondary N) is 1. The zero-order valence-electron chi connectivity index (χ0n) is 19.0. The molecule has 0 aromatic heterocycles. The van der Waals surface area contributed by atoms with Crippen molar-refractivity contribution in [3.63, 3.8) is 0 Å². The van der Waals surface area contributed by atoms with E-state index in [1.165, 1.54) is 25.1 Å². The van der Waals surface area contributed by atoms with Gasteiger partial charge in [-0.15, -0.1) is 10.2 Å². The van der Waals surface area contributed by atoms with Crippen LogP contribution in [0.15, 0.2) is 69.3 Å². The first-order valence-corrected chi connectivity index (χ1v) is 11.0. The zero-order valence-corrected chi connectivity index (χ0v) is 20.6. The highest BCUT2D eigenvalue weighted by Crippen LogP contribution is 2.37. The number of nitrogens with zero attached hydrogens (tertiary/aromatic N) is 6. The fourth-order valence-electron chi connectivity index (χ4n) is 3.25. The van der Waals surface area contributed by atoms with Gasteiger partial charge in [0.25, 0.3) is 11.4 Å². The van der Waals surface area contributed by atoms with Gasteiger partial charge in [0.2, 0.25) is 5.91 Å². The molecular weight excluding hydrogens is 534 g/mol. The average Bonchev–Trinajstić information content (AvgIpc) is 2.83. The molecule has 1 N–H and O–H groups in total. The van der Waals surface area contributed by atoms with Crippen molar-refractivity contribution in [2.45, 2.75) is 13.5 Å². The van der Waals surface area contributed by atoms with Crippen LogP contribution in [0.25, 0.3) is 0 Å². The number of nitriles is 1. The number of anilines is 2. The first-order chi connectivity index (χ1) is 17.1. The topological polar surface area (TPSA) is 167 Å². The molecule has 0 spiro atoms. The summed E-state index contributed by atoms with van der Waals surface area (Å²) in [5.41, 5.74) is 1.81. The molecule has 0 fully saturated rings. The van der Waals surface area contributed by atoms with E-state index in [0.29, 0.717) is 17.9 Å². The van der Waals surface area contributed by atoms with Crippen LogP contribution in [0.3, 0.4) is 0 Å². The van der Waals surface area contributed by atoms with Crippen molar-refractivity contribution in [3.05, 3.63) is 90.4 Å². The SMILES string of the molecule is CC(=O)Nc1cc(N(C)Cc2cccc([N+](=O)[O-])c2)ccc1/N=N/c1c(Br)cc([N+](=O)[O-])cc1C#N. The highest BCUT2D eigenvalue weighted by molar-refractivity contribution is 9.10. The quantitative estimate of drug-likeness (QED) is 0.199. The minimum Gasteiger partial charge on any atom is -0.370 e. The first kappa shape index (κ1) is 25.9. The molecule has 0 aliphatic rings. The number of benzene rings is 3. The number of hydrogen-bond donors (Lipinski definition) is 1. The predicted molar refractivity (Wildman–Crippen MR) is 136 cm³/mol. The summed E-state index contributed by atoms with van der Waals surface area (Å²) in [6.45, 7) is 1.70. The average molecular weight is 552 g/mol. The molecule has 0 saturated carbocycles. The Balaban J connectivity index is 1.94.